The Kier molecular flexibility index (Phi) is 2.77. The number of allylic oxidation sites excluding steroid dienone is 2. The first-order valence-electron chi connectivity index (χ1n) is 4.69. The molecule has 1 aromatic heterocycles. The Balaban J connectivity index is 2.35. The second-order valence-electron chi connectivity index (χ2n) is 3.38. The van der Waals surface area contributed by atoms with Crippen molar-refractivity contribution in [1.82, 2.24) is 9.55 Å². The van der Waals surface area contributed by atoms with Crippen LogP contribution in [0.1, 0.15) is 29.4 Å². The lowest BCUT2D eigenvalue weighted by Gasteiger charge is -2.13. The summed E-state index contributed by atoms with van der Waals surface area (Å²) < 4.78 is 6.46. The van der Waals surface area contributed by atoms with Crippen LogP contribution in [0.25, 0.3) is 0 Å². The largest absolute Gasteiger partial charge is 0.464 e. The van der Waals surface area contributed by atoms with Crippen LogP contribution in [0.3, 0.4) is 0 Å². The number of hydrogen-bond acceptors (Lipinski definition) is 3. The predicted molar refractivity (Wildman–Crippen MR) is 56.0 cm³/mol. The van der Waals surface area contributed by atoms with E-state index in [2.05, 4.69) is 21.9 Å². The number of hydrogen-bond donors (Lipinski definition) is 0. The van der Waals surface area contributed by atoms with Crippen molar-refractivity contribution in [2.75, 3.05) is 7.11 Å². The Morgan fingerprint density at radius 2 is 2.27 bits per heavy atom. The van der Waals surface area contributed by atoms with Crippen LogP contribution < -0.4 is 0 Å². The maximum absolute atomic E-state index is 11.5. The number of ether oxygens (including phenoxy) is 1. The Hall–Kier alpha value is -1.29. The number of rotatable bonds is 2. The molecule has 0 radical (unpaired) electrons. The highest BCUT2D eigenvalue weighted by molar-refractivity contribution is 6.32. The van der Waals surface area contributed by atoms with E-state index < -0.39 is 5.97 Å². The summed E-state index contributed by atoms with van der Waals surface area (Å²) in [5, 5.41) is 0.203. The van der Waals surface area contributed by atoms with Gasteiger partial charge in [0, 0.05) is 6.04 Å². The van der Waals surface area contributed by atoms with Gasteiger partial charge < -0.3 is 9.30 Å². The summed E-state index contributed by atoms with van der Waals surface area (Å²) >= 11 is 5.84. The highest BCUT2D eigenvalue weighted by atomic mass is 35.5. The first-order chi connectivity index (χ1) is 7.24. The van der Waals surface area contributed by atoms with Gasteiger partial charge >= 0.3 is 5.97 Å². The van der Waals surface area contributed by atoms with Crippen LogP contribution in [0, 0.1) is 0 Å². The van der Waals surface area contributed by atoms with Crippen molar-refractivity contribution in [3.05, 3.63) is 29.3 Å². The molecule has 4 nitrogen and oxygen atoms in total. The predicted octanol–water partition coefficient (Wildman–Crippen LogP) is 2.21. The molecule has 0 N–H and O–H groups in total. The minimum Gasteiger partial charge on any atom is -0.464 e. The molecule has 1 aromatic rings. The quantitative estimate of drug-likeness (QED) is 0.574. The molecule has 80 valence electrons. The Labute approximate surface area is 92.5 Å². The Morgan fingerprint density at radius 1 is 1.60 bits per heavy atom. The van der Waals surface area contributed by atoms with Crippen molar-refractivity contribution in [3.8, 4) is 0 Å². The van der Waals surface area contributed by atoms with Crippen molar-refractivity contribution < 1.29 is 9.53 Å². The van der Waals surface area contributed by atoms with E-state index in [1.807, 2.05) is 0 Å². The molecule has 0 spiro atoms. The first kappa shape index (κ1) is 10.2. The highest BCUT2D eigenvalue weighted by Crippen LogP contribution is 2.27. The molecule has 0 amide bonds. The summed E-state index contributed by atoms with van der Waals surface area (Å²) in [7, 11) is 1.34. The third-order valence-electron chi connectivity index (χ3n) is 2.50. The van der Waals surface area contributed by atoms with Crippen molar-refractivity contribution in [1.29, 1.82) is 0 Å². The molecule has 2 rings (SSSR count). The number of methoxy groups -OCH3 is 1. The van der Waals surface area contributed by atoms with Crippen molar-refractivity contribution >= 4 is 17.6 Å². The monoisotopic (exact) mass is 226 g/mol. The van der Waals surface area contributed by atoms with Crippen LogP contribution in [0.5, 0.6) is 0 Å². The zero-order valence-corrected chi connectivity index (χ0v) is 9.07. The van der Waals surface area contributed by atoms with Crippen LogP contribution in [-0.2, 0) is 4.74 Å². The number of carbonyl (C=O) groups is 1. The maximum Gasteiger partial charge on any atom is 0.357 e. The smallest absolute Gasteiger partial charge is 0.357 e. The van der Waals surface area contributed by atoms with E-state index in [9.17, 15) is 4.79 Å². The maximum atomic E-state index is 11.5. The van der Waals surface area contributed by atoms with Gasteiger partial charge in [0.05, 0.1) is 13.4 Å². The number of nitrogens with zero attached hydrogens (tertiary/aromatic N) is 2. The molecule has 1 heterocycles. The molecule has 0 fully saturated rings. The van der Waals surface area contributed by atoms with Crippen LogP contribution >= 0.6 is 11.6 Å². The first-order valence-corrected chi connectivity index (χ1v) is 5.07. The summed E-state index contributed by atoms with van der Waals surface area (Å²) in [4.78, 5) is 15.4. The molecule has 15 heavy (non-hydrogen) atoms. The van der Waals surface area contributed by atoms with Crippen LogP contribution in [0.4, 0.5) is 0 Å². The summed E-state index contributed by atoms with van der Waals surface area (Å²) in [6.07, 6.45) is 7.55. The molecular formula is C10H11ClN2O2. The zero-order valence-electron chi connectivity index (χ0n) is 8.31. The van der Waals surface area contributed by atoms with E-state index in [-0.39, 0.29) is 11.2 Å². The molecule has 0 unspecified atom stereocenters. The van der Waals surface area contributed by atoms with E-state index in [1.54, 1.807) is 10.9 Å². The Morgan fingerprint density at radius 3 is 2.87 bits per heavy atom. The van der Waals surface area contributed by atoms with Gasteiger partial charge in [0.15, 0.2) is 10.8 Å². The number of imidazole rings is 1. The molecule has 0 aliphatic heterocycles. The van der Waals surface area contributed by atoms with Crippen molar-refractivity contribution in [2.24, 2.45) is 0 Å². The zero-order chi connectivity index (χ0) is 10.8. The normalized spacial score (nSPS) is 15.9. The fraction of sp³-hybridized carbons (Fsp3) is 0.400. The summed E-state index contributed by atoms with van der Waals surface area (Å²) in [5.74, 6) is -0.440. The molecule has 0 atom stereocenters. The van der Waals surface area contributed by atoms with E-state index in [4.69, 9.17) is 11.6 Å². The number of halogens is 1. The molecule has 0 aromatic carbocycles. The Bertz CT molecular complexity index is 404. The topological polar surface area (TPSA) is 44.1 Å². The van der Waals surface area contributed by atoms with Gasteiger partial charge in [-0.05, 0) is 12.8 Å². The fourth-order valence-corrected chi connectivity index (χ4v) is 1.95. The van der Waals surface area contributed by atoms with E-state index in [0.717, 1.165) is 12.8 Å². The van der Waals surface area contributed by atoms with E-state index >= 15 is 0 Å². The number of esters is 1. The lowest BCUT2D eigenvalue weighted by atomic mass is 10.2. The molecule has 1 aliphatic carbocycles. The summed E-state index contributed by atoms with van der Waals surface area (Å²) in [6.45, 7) is 0. The standard InChI is InChI=1S/C10H11ClN2O2/c1-15-10(14)8-9(11)12-6-13(8)7-4-2-3-5-7/h2-3,6-7H,4-5H2,1H3. The molecule has 0 saturated heterocycles. The second-order valence-corrected chi connectivity index (χ2v) is 3.74. The van der Waals surface area contributed by atoms with Gasteiger partial charge in [-0.2, -0.15) is 0 Å². The van der Waals surface area contributed by atoms with Crippen molar-refractivity contribution in [3.63, 3.8) is 0 Å². The van der Waals surface area contributed by atoms with Gasteiger partial charge in [0.25, 0.3) is 0 Å². The van der Waals surface area contributed by atoms with Gasteiger partial charge in [-0.1, -0.05) is 23.8 Å². The van der Waals surface area contributed by atoms with Gasteiger partial charge in [-0.25, -0.2) is 9.78 Å². The highest BCUT2D eigenvalue weighted by Gasteiger charge is 2.23. The van der Waals surface area contributed by atoms with Crippen LogP contribution in [0.15, 0.2) is 18.5 Å². The lowest BCUT2D eigenvalue weighted by molar-refractivity contribution is 0.0586. The summed E-state index contributed by atoms with van der Waals surface area (Å²) in [5.41, 5.74) is 0.341. The van der Waals surface area contributed by atoms with Gasteiger partial charge in [0.2, 0.25) is 0 Å². The second kappa shape index (κ2) is 4.06. The molecule has 1 aliphatic rings. The molecule has 0 bridgehead atoms. The third kappa shape index (κ3) is 1.77. The lowest BCUT2D eigenvalue weighted by Crippen LogP contribution is -2.14. The third-order valence-corrected chi connectivity index (χ3v) is 2.78. The molecular weight excluding hydrogens is 216 g/mol. The van der Waals surface area contributed by atoms with Gasteiger partial charge in [-0.15, -0.1) is 0 Å². The van der Waals surface area contributed by atoms with Crippen LogP contribution in [-0.4, -0.2) is 22.6 Å². The average Bonchev–Trinajstić information content (AvgIpc) is 2.85. The SMILES string of the molecule is COC(=O)c1c(Cl)ncn1C1CC=CC1. The van der Waals surface area contributed by atoms with Crippen LogP contribution in [0.2, 0.25) is 5.15 Å². The van der Waals surface area contributed by atoms with E-state index in [1.165, 1.54) is 7.11 Å². The fourth-order valence-electron chi connectivity index (χ4n) is 1.73. The average molecular weight is 227 g/mol. The molecule has 0 saturated carbocycles. The molecule has 5 heteroatoms. The van der Waals surface area contributed by atoms with Crippen molar-refractivity contribution in [2.45, 2.75) is 18.9 Å². The minimum atomic E-state index is -0.440. The van der Waals surface area contributed by atoms with Gasteiger partial charge in [0.1, 0.15) is 0 Å². The van der Waals surface area contributed by atoms with Gasteiger partial charge in [-0.3, -0.25) is 0 Å². The number of carbonyl (C=O) groups excluding carboxylic acids is 1. The number of aromatic nitrogens is 2. The summed E-state index contributed by atoms with van der Waals surface area (Å²) in [6, 6.07) is 0.235. The minimum absolute atomic E-state index is 0.203. The van der Waals surface area contributed by atoms with E-state index in [0.29, 0.717) is 5.69 Å².